The summed E-state index contributed by atoms with van der Waals surface area (Å²) < 4.78 is 2.73. The van der Waals surface area contributed by atoms with Gasteiger partial charge in [0.25, 0.3) is 0 Å². The van der Waals surface area contributed by atoms with Crippen molar-refractivity contribution in [1.82, 2.24) is 19.6 Å². The summed E-state index contributed by atoms with van der Waals surface area (Å²) >= 11 is 1.51. The molecule has 0 aliphatic carbocycles. The molecule has 0 atom stereocenters. The van der Waals surface area contributed by atoms with Crippen molar-refractivity contribution in [3.8, 4) is 6.07 Å². The van der Waals surface area contributed by atoms with E-state index in [1.54, 1.807) is 16.5 Å². The molecule has 28 heavy (non-hydrogen) atoms. The average molecular weight is 390 g/mol. The van der Waals surface area contributed by atoms with E-state index in [0.717, 1.165) is 27.2 Å². The number of nitriles is 1. The molecule has 0 saturated heterocycles. The first-order valence-electron chi connectivity index (χ1n) is 8.85. The van der Waals surface area contributed by atoms with Gasteiger partial charge in [0.15, 0.2) is 10.8 Å². The van der Waals surface area contributed by atoms with E-state index in [-0.39, 0.29) is 5.91 Å². The molecule has 0 fully saturated rings. The number of aromatic nitrogens is 4. The van der Waals surface area contributed by atoms with E-state index in [0.29, 0.717) is 29.2 Å². The third-order valence-electron chi connectivity index (χ3n) is 4.86. The lowest BCUT2D eigenvalue weighted by atomic mass is 10.1. The van der Waals surface area contributed by atoms with Crippen molar-refractivity contribution in [1.29, 1.82) is 5.26 Å². The first-order valence-corrected chi connectivity index (χ1v) is 9.67. The molecule has 1 aromatic carbocycles. The Kier molecular flexibility index (Phi) is 4.53. The molecule has 0 aliphatic rings. The van der Waals surface area contributed by atoms with Crippen LogP contribution in [-0.2, 0) is 11.2 Å². The van der Waals surface area contributed by atoms with Crippen LogP contribution in [0.5, 0.6) is 0 Å². The van der Waals surface area contributed by atoms with Crippen molar-refractivity contribution in [3.05, 3.63) is 53.0 Å². The van der Waals surface area contributed by atoms with Crippen LogP contribution < -0.4 is 4.90 Å². The number of anilines is 1. The molecule has 1 amide bonds. The van der Waals surface area contributed by atoms with Gasteiger partial charge in [-0.15, -0.1) is 0 Å². The van der Waals surface area contributed by atoms with E-state index < -0.39 is 0 Å². The summed E-state index contributed by atoms with van der Waals surface area (Å²) in [7, 11) is 1.76. The van der Waals surface area contributed by atoms with Crippen LogP contribution >= 0.6 is 11.3 Å². The van der Waals surface area contributed by atoms with Crippen LogP contribution in [-0.4, -0.2) is 32.5 Å². The van der Waals surface area contributed by atoms with Crippen LogP contribution in [0.25, 0.3) is 15.9 Å². The third kappa shape index (κ3) is 3.00. The van der Waals surface area contributed by atoms with Gasteiger partial charge in [0.2, 0.25) is 5.91 Å². The lowest BCUT2D eigenvalue weighted by molar-refractivity contribution is -0.118. The second kappa shape index (κ2) is 7.02. The van der Waals surface area contributed by atoms with Crippen molar-refractivity contribution in [3.63, 3.8) is 0 Å². The maximum atomic E-state index is 12.7. The lowest BCUT2D eigenvalue weighted by Gasteiger charge is -2.15. The zero-order valence-corrected chi connectivity index (χ0v) is 16.6. The van der Waals surface area contributed by atoms with Gasteiger partial charge in [-0.3, -0.25) is 9.69 Å². The van der Waals surface area contributed by atoms with E-state index in [4.69, 9.17) is 0 Å². The highest BCUT2D eigenvalue weighted by atomic mass is 32.1. The average Bonchev–Trinajstić information content (AvgIpc) is 3.30. The van der Waals surface area contributed by atoms with Crippen LogP contribution in [0.4, 0.5) is 5.13 Å². The van der Waals surface area contributed by atoms with Gasteiger partial charge in [0, 0.05) is 24.9 Å². The molecule has 4 aromatic rings. The molecule has 0 bridgehead atoms. The number of nitrogens with zero attached hydrogens (tertiary/aromatic N) is 6. The highest BCUT2D eigenvalue weighted by Gasteiger charge is 2.18. The van der Waals surface area contributed by atoms with Crippen molar-refractivity contribution in [2.24, 2.45) is 0 Å². The number of para-hydroxylation sites is 1. The molecule has 140 valence electrons. The number of hydrogen-bond donors (Lipinski definition) is 0. The zero-order chi connectivity index (χ0) is 19.8. The lowest BCUT2D eigenvalue weighted by Crippen LogP contribution is -2.26. The van der Waals surface area contributed by atoms with Crippen molar-refractivity contribution in [2.75, 3.05) is 11.9 Å². The van der Waals surface area contributed by atoms with Crippen molar-refractivity contribution < 1.29 is 4.79 Å². The molecular formula is C20H18N6OS. The summed E-state index contributed by atoms with van der Waals surface area (Å²) in [5, 5.41) is 14.1. The highest BCUT2D eigenvalue weighted by Crippen LogP contribution is 2.28. The molecular weight excluding hydrogens is 372 g/mol. The van der Waals surface area contributed by atoms with Crippen LogP contribution in [0.2, 0.25) is 0 Å². The largest absolute Gasteiger partial charge is 0.291 e. The number of benzene rings is 1. The smallest absolute Gasteiger partial charge is 0.228 e. The van der Waals surface area contributed by atoms with Crippen LogP contribution in [0.15, 0.2) is 30.5 Å². The van der Waals surface area contributed by atoms with Crippen LogP contribution in [0, 0.1) is 25.2 Å². The molecule has 0 aliphatic heterocycles. The monoisotopic (exact) mass is 390 g/mol. The number of thiazole rings is 1. The number of carbonyl (C=O) groups excluding carboxylic acids is 1. The van der Waals surface area contributed by atoms with Gasteiger partial charge >= 0.3 is 0 Å². The summed E-state index contributed by atoms with van der Waals surface area (Å²) in [5.74, 6) is -0.00358. The predicted molar refractivity (Wildman–Crippen MR) is 109 cm³/mol. The van der Waals surface area contributed by atoms with E-state index in [1.165, 1.54) is 17.5 Å². The minimum atomic E-state index is -0.00358. The van der Waals surface area contributed by atoms with E-state index >= 15 is 0 Å². The molecule has 8 heteroatoms. The number of fused-ring (bicyclic) bond motifs is 2. The number of amides is 1. The normalized spacial score (nSPS) is 11.1. The summed E-state index contributed by atoms with van der Waals surface area (Å²) in [6.45, 7) is 3.84. The summed E-state index contributed by atoms with van der Waals surface area (Å²) in [4.78, 5) is 23.4. The minimum absolute atomic E-state index is 0.00358. The van der Waals surface area contributed by atoms with Crippen molar-refractivity contribution in [2.45, 2.75) is 26.7 Å². The van der Waals surface area contributed by atoms with Gasteiger partial charge in [-0.25, -0.2) is 14.5 Å². The second-order valence-electron chi connectivity index (χ2n) is 6.58. The van der Waals surface area contributed by atoms with Gasteiger partial charge in [-0.05, 0) is 38.0 Å². The Morgan fingerprint density at radius 3 is 2.82 bits per heavy atom. The Hall–Kier alpha value is -3.31. The topological polar surface area (TPSA) is 87.2 Å². The number of hydrogen-bond acceptors (Lipinski definition) is 6. The molecule has 7 nitrogen and oxygen atoms in total. The molecule has 0 spiro atoms. The molecule has 0 saturated carbocycles. The maximum Gasteiger partial charge on any atom is 0.228 e. The summed E-state index contributed by atoms with van der Waals surface area (Å²) in [6, 6.07) is 9.96. The number of carbonyl (C=O) groups is 1. The van der Waals surface area contributed by atoms with E-state index in [9.17, 15) is 10.1 Å². The van der Waals surface area contributed by atoms with E-state index in [2.05, 4.69) is 21.1 Å². The predicted octanol–water partition coefficient (Wildman–Crippen LogP) is 3.42. The van der Waals surface area contributed by atoms with Gasteiger partial charge in [0.05, 0.1) is 16.4 Å². The van der Waals surface area contributed by atoms with Crippen LogP contribution in [0.3, 0.4) is 0 Å². The van der Waals surface area contributed by atoms with Crippen molar-refractivity contribution >= 4 is 38.2 Å². The maximum absolute atomic E-state index is 12.7. The molecule has 3 aromatic heterocycles. The Bertz CT molecular complexity index is 1220. The Labute approximate surface area is 165 Å². The second-order valence-corrected chi connectivity index (χ2v) is 7.59. The quantitative estimate of drug-likeness (QED) is 0.533. The van der Waals surface area contributed by atoms with Crippen LogP contribution in [0.1, 0.15) is 28.9 Å². The van der Waals surface area contributed by atoms with Gasteiger partial charge in [0.1, 0.15) is 11.6 Å². The number of rotatable bonds is 4. The van der Waals surface area contributed by atoms with Gasteiger partial charge < -0.3 is 0 Å². The zero-order valence-electron chi connectivity index (χ0n) is 15.8. The Morgan fingerprint density at radius 2 is 2.07 bits per heavy atom. The molecule has 3 heterocycles. The highest BCUT2D eigenvalue weighted by molar-refractivity contribution is 7.22. The van der Waals surface area contributed by atoms with Gasteiger partial charge in [-0.2, -0.15) is 10.4 Å². The summed E-state index contributed by atoms with van der Waals surface area (Å²) in [6.07, 6.45) is 2.41. The Morgan fingerprint density at radius 1 is 1.29 bits per heavy atom. The fraction of sp³-hybridized carbons (Fsp3) is 0.250. The minimum Gasteiger partial charge on any atom is -0.291 e. The van der Waals surface area contributed by atoms with Gasteiger partial charge in [-0.1, -0.05) is 23.5 Å². The first-order chi connectivity index (χ1) is 13.5. The SMILES string of the molecule is Cc1nc2c(C#N)cnn2c(C)c1CCC(=O)N(C)c1nc2ccccc2s1. The fourth-order valence-electron chi connectivity index (χ4n) is 3.26. The number of aryl methyl sites for hydroxylation is 2. The standard InChI is InChI=1S/C20H18N6OS/c1-12-15(13(2)26-19(23-12)14(10-21)11-22-26)8-9-18(27)25(3)20-24-16-6-4-5-7-17(16)28-20/h4-7,11H,8-9H2,1-3H3. The molecule has 0 N–H and O–H groups in total. The van der Waals surface area contributed by atoms with E-state index in [1.807, 2.05) is 38.1 Å². The first kappa shape index (κ1) is 18.1. The molecule has 0 radical (unpaired) electrons. The molecule has 0 unspecified atom stereocenters. The third-order valence-corrected chi connectivity index (χ3v) is 5.97. The Balaban J connectivity index is 1.55. The molecule has 4 rings (SSSR count). The summed E-state index contributed by atoms with van der Waals surface area (Å²) in [5.41, 5.74) is 4.60. The fourth-order valence-corrected chi connectivity index (χ4v) is 4.21.